The van der Waals surface area contributed by atoms with Gasteiger partial charge in [0.25, 0.3) is 0 Å². The molecule has 0 radical (unpaired) electrons. The molecule has 1 fully saturated rings. The summed E-state index contributed by atoms with van der Waals surface area (Å²) in [7, 11) is -2.12. The molecule has 1 heterocycles. The fourth-order valence-corrected chi connectivity index (χ4v) is 3.36. The molecular formula is C16H26N4O4S. The molecule has 1 aliphatic heterocycles. The lowest BCUT2D eigenvalue weighted by Crippen LogP contribution is -2.34. The van der Waals surface area contributed by atoms with Gasteiger partial charge in [-0.25, -0.2) is 18.4 Å². The summed E-state index contributed by atoms with van der Waals surface area (Å²) in [6, 6.07) is 4.04. The number of sulfonamides is 1. The molecule has 25 heavy (non-hydrogen) atoms. The normalized spacial score (nSPS) is 18.3. The van der Waals surface area contributed by atoms with Crippen molar-refractivity contribution in [1.29, 1.82) is 0 Å². The molecule has 2 amide bonds. The Labute approximate surface area is 148 Å². The largest absolute Gasteiger partial charge is 0.383 e. The second kappa shape index (κ2) is 8.61. The molecule has 8 nitrogen and oxygen atoms in total. The van der Waals surface area contributed by atoms with Gasteiger partial charge >= 0.3 is 6.03 Å². The molecule has 1 aliphatic rings. The van der Waals surface area contributed by atoms with Crippen molar-refractivity contribution in [3.05, 3.63) is 23.8 Å². The first kappa shape index (κ1) is 19.6. The van der Waals surface area contributed by atoms with E-state index in [1.54, 1.807) is 20.1 Å². The number of rotatable bonds is 7. The van der Waals surface area contributed by atoms with Gasteiger partial charge in [0.1, 0.15) is 0 Å². The van der Waals surface area contributed by atoms with E-state index >= 15 is 0 Å². The summed E-state index contributed by atoms with van der Waals surface area (Å²) in [6.07, 6.45) is 1.03. The van der Waals surface area contributed by atoms with Crippen LogP contribution >= 0.6 is 0 Å². The molecule has 4 N–H and O–H groups in total. The number of carbonyl (C=O) groups is 1. The number of nitrogens with one attached hydrogen (secondary N) is 2. The van der Waals surface area contributed by atoms with Crippen LogP contribution in [0, 0.1) is 12.8 Å². The monoisotopic (exact) mass is 370 g/mol. The summed E-state index contributed by atoms with van der Waals surface area (Å²) in [6.45, 7) is 5.91. The van der Waals surface area contributed by atoms with Gasteiger partial charge in [0.2, 0.25) is 10.0 Å². The lowest BCUT2D eigenvalue weighted by atomic mass is 10.1. The van der Waals surface area contributed by atoms with Crippen LogP contribution in [0.2, 0.25) is 0 Å². The second-order valence-corrected chi connectivity index (χ2v) is 7.87. The molecule has 0 aliphatic carbocycles. The number of carbonyl (C=O) groups excluding carboxylic acids is 1. The van der Waals surface area contributed by atoms with Gasteiger partial charge < -0.3 is 20.3 Å². The Bertz CT molecular complexity index is 708. The van der Waals surface area contributed by atoms with Crippen LogP contribution in [0.15, 0.2) is 23.1 Å². The molecule has 140 valence electrons. The lowest BCUT2D eigenvalue weighted by molar-refractivity contribution is 0.159. The highest BCUT2D eigenvalue weighted by molar-refractivity contribution is 7.89. The summed E-state index contributed by atoms with van der Waals surface area (Å²) >= 11 is 0. The number of benzene rings is 1. The fourth-order valence-electron chi connectivity index (χ4n) is 2.82. The maximum Gasteiger partial charge on any atom is 0.319 e. The third-order valence-electron chi connectivity index (χ3n) is 4.32. The first-order valence-electron chi connectivity index (χ1n) is 8.19. The number of amides is 2. The summed E-state index contributed by atoms with van der Waals surface area (Å²) in [5.74, 6) is 0.402. The van der Waals surface area contributed by atoms with Crippen molar-refractivity contribution in [2.75, 3.05) is 45.2 Å². The first-order valence-corrected chi connectivity index (χ1v) is 9.74. The van der Waals surface area contributed by atoms with E-state index < -0.39 is 10.0 Å². The number of nitrogens with two attached hydrogens (primary N) is 1. The Kier molecular flexibility index (Phi) is 6.77. The predicted molar refractivity (Wildman–Crippen MR) is 96.0 cm³/mol. The summed E-state index contributed by atoms with van der Waals surface area (Å²) in [5.41, 5.74) is 1.19. The van der Waals surface area contributed by atoms with Gasteiger partial charge in [-0.05, 0) is 43.5 Å². The quantitative estimate of drug-likeness (QED) is 0.655. The van der Waals surface area contributed by atoms with Crippen LogP contribution < -0.4 is 15.8 Å². The molecule has 0 spiro atoms. The number of ether oxygens (including phenoxy) is 1. The van der Waals surface area contributed by atoms with Gasteiger partial charge in [-0.2, -0.15) is 0 Å². The second-order valence-electron chi connectivity index (χ2n) is 6.30. The third-order valence-corrected chi connectivity index (χ3v) is 5.23. The van der Waals surface area contributed by atoms with Crippen molar-refractivity contribution in [3.63, 3.8) is 0 Å². The van der Waals surface area contributed by atoms with E-state index in [9.17, 15) is 13.2 Å². The fraction of sp³-hybridized carbons (Fsp3) is 0.562. The van der Waals surface area contributed by atoms with E-state index in [4.69, 9.17) is 9.88 Å². The lowest BCUT2D eigenvalue weighted by Gasteiger charge is -2.16. The van der Waals surface area contributed by atoms with Crippen molar-refractivity contribution in [2.45, 2.75) is 18.2 Å². The Balaban J connectivity index is 1.85. The average molecular weight is 370 g/mol. The average Bonchev–Trinajstić information content (AvgIpc) is 3.00. The number of nitrogens with zero attached hydrogens (tertiary/aromatic N) is 1. The van der Waals surface area contributed by atoms with Crippen LogP contribution in [-0.2, 0) is 14.8 Å². The van der Waals surface area contributed by atoms with E-state index in [0.29, 0.717) is 24.8 Å². The van der Waals surface area contributed by atoms with Gasteiger partial charge in [0, 0.05) is 32.4 Å². The zero-order chi connectivity index (χ0) is 18.4. The Hall–Kier alpha value is -1.68. The van der Waals surface area contributed by atoms with Crippen molar-refractivity contribution >= 4 is 21.7 Å². The highest BCUT2D eigenvalue weighted by Crippen LogP contribution is 2.19. The van der Waals surface area contributed by atoms with E-state index in [-0.39, 0.29) is 10.9 Å². The molecule has 1 unspecified atom stereocenters. The van der Waals surface area contributed by atoms with E-state index in [0.717, 1.165) is 31.6 Å². The van der Waals surface area contributed by atoms with Gasteiger partial charge in [-0.1, -0.05) is 6.07 Å². The molecular weight excluding hydrogens is 344 g/mol. The number of likely N-dealkylation sites (tertiary alicyclic amines) is 1. The van der Waals surface area contributed by atoms with Gasteiger partial charge in [0.05, 0.1) is 11.5 Å². The number of hydrogen-bond donors (Lipinski definition) is 3. The van der Waals surface area contributed by atoms with Crippen LogP contribution in [0.4, 0.5) is 10.5 Å². The number of anilines is 1. The molecule has 0 saturated carbocycles. The molecule has 1 atom stereocenters. The molecule has 0 bridgehead atoms. The van der Waals surface area contributed by atoms with E-state index in [1.165, 1.54) is 12.1 Å². The zero-order valence-electron chi connectivity index (χ0n) is 14.6. The smallest absolute Gasteiger partial charge is 0.319 e. The van der Waals surface area contributed by atoms with Crippen LogP contribution in [-0.4, -0.2) is 59.2 Å². The zero-order valence-corrected chi connectivity index (χ0v) is 15.4. The Morgan fingerprint density at radius 3 is 2.88 bits per heavy atom. The van der Waals surface area contributed by atoms with Crippen LogP contribution in [0.25, 0.3) is 0 Å². The van der Waals surface area contributed by atoms with E-state index in [2.05, 4.69) is 15.5 Å². The minimum absolute atomic E-state index is 0.0297. The predicted octanol–water partition coefficient (Wildman–Crippen LogP) is 0.732. The minimum atomic E-state index is -3.80. The summed E-state index contributed by atoms with van der Waals surface area (Å²) in [5, 5.41) is 10.7. The number of hydrogen-bond acceptors (Lipinski definition) is 5. The van der Waals surface area contributed by atoms with Crippen LogP contribution in [0.1, 0.15) is 12.0 Å². The Morgan fingerprint density at radius 2 is 2.20 bits per heavy atom. The maximum atomic E-state index is 12.1. The van der Waals surface area contributed by atoms with E-state index in [1.807, 2.05) is 0 Å². The third kappa shape index (κ3) is 5.96. The molecule has 1 aromatic rings. The van der Waals surface area contributed by atoms with Crippen molar-refractivity contribution in [2.24, 2.45) is 11.1 Å². The van der Waals surface area contributed by atoms with Gasteiger partial charge in [-0.15, -0.1) is 0 Å². The minimum Gasteiger partial charge on any atom is -0.383 e. The molecule has 1 aromatic carbocycles. The van der Waals surface area contributed by atoms with Crippen molar-refractivity contribution in [3.8, 4) is 0 Å². The SMILES string of the molecule is COCCN1CCC(CNC(=O)Nc2cc(S(N)(=O)=O)ccc2C)C1. The van der Waals surface area contributed by atoms with Crippen molar-refractivity contribution in [1.82, 2.24) is 10.2 Å². The van der Waals surface area contributed by atoms with Crippen LogP contribution in [0.5, 0.6) is 0 Å². The standard InChI is InChI=1S/C16H26N4O4S/c1-12-3-4-14(25(17,22)23)9-15(12)19-16(21)18-10-13-5-6-20(11-13)7-8-24-2/h3-4,9,13H,5-8,10-11H2,1-2H3,(H2,17,22,23)(H2,18,19,21). The number of primary sulfonamides is 1. The van der Waals surface area contributed by atoms with Gasteiger partial charge in [0.15, 0.2) is 0 Å². The Morgan fingerprint density at radius 1 is 1.44 bits per heavy atom. The topological polar surface area (TPSA) is 114 Å². The number of urea groups is 1. The summed E-state index contributed by atoms with van der Waals surface area (Å²) in [4.78, 5) is 14.4. The van der Waals surface area contributed by atoms with Crippen LogP contribution in [0.3, 0.4) is 0 Å². The molecule has 0 aromatic heterocycles. The molecule has 9 heteroatoms. The molecule has 1 saturated heterocycles. The highest BCUT2D eigenvalue weighted by Gasteiger charge is 2.22. The maximum absolute atomic E-state index is 12.1. The highest BCUT2D eigenvalue weighted by atomic mass is 32.2. The summed E-state index contributed by atoms with van der Waals surface area (Å²) < 4.78 is 27.9. The molecule has 2 rings (SSSR count). The van der Waals surface area contributed by atoms with Crippen molar-refractivity contribution < 1.29 is 17.9 Å². The number of methoxy groups -OCH3 is 1. The van der Waals surface area contributed by atoms with Gasteiger partial charge in [-0.3, -0.25) is 0 Å². The first-order chi connectivity index (χ1) is 11.8. The number of aryl methyl sites for hydroxylation is 1.